The molecule has 0 spiro atoms. The van der Waals surface area contributed by atoms with Crippen LogP contribution in [0.15, 0.2) is 23.1 Å². The first kappa shape index (κ1) is 13.4. The van der Waals surface area contributed by atoms with Gasteiger partial charge in [0.2, 0.25) is 5.78 Å². The van der Waals surface area contributed by atoms with Crippen LogP contribution in [-0.2, 0) is 10.1 Å². The molecule has 0 saturated carbocycles. The Morgan fingerprint density at radius 3 is 2.53 bits per heavy atom. The number of hydrogen-bond donors (Lipinski definition) is 1. The van der Waals surface area contributed by atoms with E-state index in [-0.39, 0.29) is 27.5 Å². The highest BCUT2D eigenvalue weighted by molar-refractivity contribution is 7.86. The Morgan fingerprint density at radius 2 is 1.95 bits per heavy atom. The zero-order valence-corrected chi connectivity index (χ0v) is 11.1. The third kappa shape index (κ3) is 2.18. The normalized spacial score (nSPS) is 14.4. The Morgan fingerprint density at radius 1 is 1.26 bits per heavy atom. The van der Waals surface area contributed by atoms with E-state index < -0.39 is 15.9 Å². The van der Waals surface area contributed by atoms with Gasteiger partial charge >= 0.3 is 10.1 Å². The molecule has 0 amide bonds. The number of ether oxygens (including phenoxy) is 1. The number of fused-ring (bicyclic) bond motifs is 1. The predicted molar refractivity (Wildman–Crippen MR) is 69.4 cm³/mol. The summed E-state index contributed by atoms with van der Waals surface area (Å²) in [5, 5.41) is 7.47. The van der Waals surface area contributed by atoms with E-state index in [4.69, 9.17) is 10.1 Å². The Kier molecular flexibility index (Phi) is 3.25. The van der Waals surface area contributed by atoms with Crippen LogP contribution in [0.25, 0.3) is 6.08 Å². The highest BCUT2D eigenvalue weighted by atomic mass is 32.2. The Balaban J connectivity index is 2.82. The summed E-state index contributed by atoms with van der Waals surface area (Å²) in [4.78, 5) is 11.8. The van der Waals surface area contributed by atoms with Crippen LogP contribution in [0.3, 0.4) is 0 Å². The molecular weight excluding hydrogens is 270 g/mol. The van der Waals surface area contributed by atoms with E-state index >= 15 is 0 Å². The van der Waals surface area contributed by atoms with Gasteiger partial charge in [0.25, 0.3) is 0 Å². The van der Waals surface area contributed by atoms with Crippen molar-refractivity contribution in [1.29, 1.82) is 5.41 Å². The molecule has 2 rings (SSSR count). The van der Waals surface area contributed by atoms with Crippen molar-refractivity contribution in [3.63, 3.8) is 0 Å². The standard InChI is InChI=1S/C12H11NO5S/c1-17-7-5-9-8(3-4-10(13)12(9)14)11(6-7)19(15,16)18-2/h3-6,13H,1-2H3/p+1. The van der Waals surface area contributed by atoms with Crippen molar-refractivity contribution in [2.24, 2.45) is 0 Å². The lowest BCUT2D eigenvalue weighted by atomic mass is 9.94. The molecule has 1 aromatic rings. The summed E-state index contributed by atoms with van der Waals surface area (Å²) in [5.74, 6) is -0.304. The van der Waals surface area contributed by atoms with Crippen LogP contribution in [0.5, 0.6) is 5.75 Å². The van der Waals surface area contributed by atoms with Gasteiger partial charge in [0.05, 0.1) is 7.11 Å². The quantitative estimate of drug-likeness (QED) is 0.503. The van der Waals surface area contributed by atoms with E-state index in [1.165, 1.54) is 31.4 Å². The summed E-state index contributed by atoms with van der Waals surface area (Å²) >= 11 is 0. The third-order valence-corrected chi connectivity index (χ3v) is 4.15. The Bertz CT molecular complexity index is 703. The second-order valence-electron chi connectivity index (χ2n) is 3.82. The molecule has 0 radical (unpaired) electrons. The number of rotatable bonds is 3. The summed E-state index contributed by atoms with van der Waals surface area (Å²) in [7, 11) is -1.31. The number of hydrogen-bond acceptors (Lipinski definition) is 5. The number of ketones is 1. The fraction of sp³-hybridized carbons (Fsp3) is 0.167. The Labute approximate surface area is 110 Å². The van der Waals surface area contributed by atoms with E-state index in [0.29, 0.717) is 0 Å². The first-order valence-corrected chi connectivity index (χ1v) is 6.74. The van der Waals surface area contributed by atoms with Crippen LogP contribution in [0.1, 0.15) is 15.9 Å². The average molecular weight is 282 g/mol. The molecule has 0 unspecified atom stereocenters. The molecule has 1 aliphatic rings. The molecule has 6 nitrogen and oxygen atoms in total. The maximum absolute atomic E-state index is 11.9. The van der Waals surface area contributed by atoms with Crippen LogP contribution in [0.2, 0.25) is 0 Å². The number of aliphatic hydroxyl groups is 1. The topological polar surface area (TPSA) is 97.1 Å². The van der Waals surface area contributed by atoms with Gasteiger partial charge in [-0.15, -0.1) is 8.42 Å². The van der Waals surface area contributed by atoms with E-state index in [0.717, 1.165) is 7.11 Å². The lowest BCUT2D eigenvalue weighted by Gasteiger charge is -2.14. The van der Waals surface area contributed by atoms with E-state index in [9.17, 15) is 13.2 Å². The molecule has 1 aliphatic carbocycles. The number of benzene rings is 1. The van der Waals surface area contributed by atoms with Crippen LogP contribution < -0.4 is 4.74 Å². The highest BCUT2D eigenvalue weighted by Gasteiger charge is 2.30. The van der Waals surface area contributed by atoms with Gasteiger partial charge in [0.1, 0.15) is 11.5 Å². The monoisotopic (exact) mass is 282 g/mol. The average Bonchev–Trinajstić information content (AvgIpc) is 2.41. The molecule has 0 bridgehead atoms. The lowest BCUT2D eigenvalue weighted by Crippen LogP contribution is -2.19. The predicted octanol–water partition coefficient (Wildman–Crippen LogP) is 0.771. The minimum atomic E-state index is -3.84. The van der Waals surface area contributed by atoms with Crippen LogP contribution in [-0.4, -0.2) is 38.3 Å². The van der Waals surface area contributed by atoms with E-state index in [1.54, 1.807) is 0 Å². The number of methoxy groups -OCH3 is 1. The smallest absolute Gasteiger partial charge is 0.410 e. The number of carbonyl (C=O) groups excluding carboxylic acids is 1. The molecule has 0 aromatic heterocycles. The summed E-state index contributed by atoms with van der Waals surface area (Å²) in [6, 6.07) is 2.73. The summed E-state index contributed by atoms with van der Waals surface area (Å²) in [6.45, 7) is 0. The second-order valence-corrected chi connectivity index (χ2v) is 5.58. The molecule has 2 N–H and O–H groups in total. The molecule has 0 fully saturated rings. The van der Waals surface area contributed by atoms with Crippen molar-refractivity contribution in [2.75, 3.05) is 14.2 Å². The summed E-state index contributed by atoms with van der Waals surface area (Å²) < 4.78 is 32.1. The number of allylic oxidation sites excluding steroid dienone is 1. The summed E-state index contributed by atoms with van der Waals surface area (Å²) in [6.07, 6.45) is 2.70. The minimum Gasteiger partial charge on any atom is -0.497 e. The van der Waals surface area contributed by atoms with E-state index in [1.807, 2.05) is 0 Å². The number of carbonyl (C=O) groups is 1. The SMILES string of the molecule is COc1cc2c(c(S(=O)(=O)[OH+]C)c1)C=CC(=N)C2=O. The molecule has 0 atom stereocenters. The first-order chi connectivity index (χ1) is 8.90. The van der Waals surface area contributed by atoms with Crippen LogP contribution >= 0.6 is 0 Å². The molecule has 0 saturated heterocycles. The van der Waals surface area contributed by atoms with Gasteiger partial charge in [-0.05, 0) is 12.1 Å². The molecule has 100 valence electrons. The van der Waals surface area contributed by atoms with Gasteiger partial charge in [-0.25, -0.2) is 0 Å². The van der Waals surface area contributed by atoms with Crippen LogP contribution in [0, 0.1) is 5.41 Å². The maximum Gasteiger partial charge on any atom is 0.410 e. The minimum absolute atomic E-state index is 0.0959. The van der Waals surface area contributed by atoms with Crippen molar-refractivity contribution >= 4 is 27.7 Å². The molecular formula is C12H12NO5S+. The first-order valence-electron chi connectivity index (χ1n) is 5.30. The summed E-state index contributed by atoms with van der Waals surface area (Å²) in [5.41, 5.74) is 0.180. The third-order valence-electron chi connectivity index (χ3n) is 2.78. The zero-order chi connectivity index (χ0) is 14.2. The fourth-order valence-corrected chi connectivity index (χ4v) is 2.70. The highest BCUT2D eigenvalue weighted by Crippen LogP contribution is 2.30. The molecule has 19 heavy (non-hydrogen) atoms. The van der Waals surface area contributed by atoms with Gasteiger partial charge in [0.15, 0.2) is 12.0 Å². The Hall–Kier alpha value is -1.99. The van der Waals surface area contributed by atoms with Crippen molar-refractivity contribution < 1.29 is 22.1 Å². The molecule has 0 heterocycles. The van der Waals surface area contributed by atoms with E-state index in [2.05, 4.69) is 4.18 Å². The van der Waals surface area contributed by atoms with Gasteiger partial charge < -0.3 is 8.92 Å². The van der Waals surface area contributed by atoms with Gasteiger partial charge in [-0.2, -0.15) is 0 Å². The lowest BCUT2D eigenvalue weighted by molar-refractivity contribution is 0.106. The molecule has 7 heteroatoms. The zero-order valence-electron chi connectivity index (χ0n) is 10.3. The van der Waals surface area contributed by atoms with Crippen molar-refractivity contribution in [2.45, 2.75) is 4.90 Å². The number of Topliss-reactive ketones (excluding diaryl/α,β-unsaturated/α-hetero) is 1. The fourth-order valence-electron chi connectivity index (χ4n) is 1.78. The maximum atomic E-state index is 11.9. The molecule has 0 aliphatic heterocycles. The van der Waals surface area contributed by atoms with Crippen molar-refractivity contribution in [1.82, 2.24) is 0 Å². The van der Waals surface area contributed by atoms with Crippen molar-refractivity contribution in [3.05, 3.63) is 29.3 Å². The van der Waals surface area contributed by atoms with Gasteiger partial charge in [-0.1, -0.05) is 6.08 Å². The second kappa shape index (κ2) is 4.60. The van der Waals surface area contributed by atoms with Crippen LogP contribution in [0.4, 0.5) is 0 Å². The van der Waals surface area contributed by atoms with Crippen molar-refractivity contribution in [3.8, 4) is 5.75 Å². The number of nitrogens with one attached hydrogen (secondary N) is 1. The largest absolute Gasteiger partial charge is 0.497 e. The van der Waals surface area contributed by atoms with Gasteiger partial charge in [0, 0.05) is 17.2 Å². The van der Waals surface area contributed by atoms with Gasteiger partial charge in [-0.3, -0.25) is 10.2 Å². The molecule has 1 aromatic carbocycles.